The number of Topliss-reactive ketones (excluding diaryl/α,β-unsaturated/α-hetero) is 1. The SMILES string of the molecule is CCC(C(C)=O)(c1ccc(Cl)cc1)n1ccc2c(NC(=O)OC(C)(C)C)cc(F)cc21. The van der Waals surface area contributed by atoms with Gasteiger partial charge < -0.3 is 9.30 Å². The van der Waals surface area contributed by atoms with E-state index in [9.17, 15) is 14.0 Å². The molecule has 0 saturated carbocycles. The predicted molar refractivity (Wildman–Crippen MR) is 121 cm³/mol. The topological polar surface area (TPSA) is 60.3 Å². The maximum Gasteiger partial charge on any atom is 0.412 e. The summed E-state index contributed by atoms with van der Waals surface area (Å²) < 4.78 is 21.6. The maximum absolute atomic E-state index is 14.6. The summed E-state index contributed by atoms with van der Waals surface area (Å²) in [5.41, 5.74) is -0.243. The van der Waals surface area contributed by atoms with Gasteiger partial charge in [0.05, 0.1) is 11.2 Å². The molecule has 2 aromatic carbocycles. The van der Waals surface area contributed by atoms with E-state index in [2.05, 4.69) is 5.32 Å². The minimum absolute atomic E-state index is 0.0965. The molecule has 0 saturated heterocycles. The zero-order valence-corrected chi connectivity index (χ0v) is 19.0. The number of amides is 1. The molecule has 0 aliphatic carbocycles. The summed E-state index contributed by atoms with van der Waals surface area (Å²) >= 11 is 6.05. The van der Waals surface area contributed by atoms with Crippen LogP contribution in [0.15, 0.2) is 48.7 Å². The smallest absolute Gasteiger partial charge is 0.412 e. The first-order valence-corrected chi connectivity index (χ1v) is 10.4. The number of anilines is 1. The number of carbonyl (C=O) groups excluding carboxylic acids is 2. The number of rotatable bonds is 5. The van der Waals surface area contributed by atoms with Crippen molar-refractivity contribution < 1.29 is 18.7 Å². The number of ketones is 1. The van der Waals surface area contributed by atoms with E-state index < -0.39 is 23.1 Å². The van der Waals surface area contributed by atoms with Crippen molar-refractivity contribution in [3.05, 3.63) is 65.1 Å². The Hall–Kier alpha value is -2.86. The highest BCUT2D eigenvalue weighted by Crippen LogP contribution is 2.37. The van der Waals surface area contributed by atoms with E-state index in [1.165, 1.54) is 19.1 Å². The first kappa shape index (κ1) is 22.8. The quantitative estimate of drug-likeness (QED) is 0.487. The van der Waals surface area contributed by atoms with Gasteiger partial charge in [-0.05, 0) is 70.0 Å². The summed E-state index contributed by atoms with van der Waals surface area (Å²) in [7, 11) is 0. The number of hydrogen-bond acceptors (Lipinski definition) is 3. The van der Waals surface area contributed by atoms with Crippen molar-refractivity contribution >= 4 is 40.1 Å². The second-order valence-corrected chi connectivity index (χ2v) is 8.91. The van der Waals surface area contributed by atoms with Crippen LogP contribution in [-0.2, 0) is 15.1 Å². The van der Waals surface area contributed by atoms with Gasteiger partial charge in [-0.3, -0.25) is 10.1 Å². The highest BCUT2D eigenvalue weighted by atomic mass is 35.5. The Morgan fingerprint density at radius 3 is 2.32 bits per heavy atom. The van der Waals surface area contributed by atoms with E-state index in [0.29, 0.717) is 22.3 Å². The molecule has 3 aromatic rings. The van der Waals surface area contributed by atoms with Crippen LogP contribution in [0, 0.1) is 5.82 Å². The van der Waals surface area contributed by atoms with E-state index >= 15 is 0 Å². The van der Waals surface area contributed by atoms with Crippen molar-refractivity contribution in [2.24, 2.45) is 0 Å². The van der Waals surface area contributed by atoms with Crippen LogP contribution < -0.4 is 5.32 Å². The molecule has 0 spiro atoms. The van der Waals surface area contributed by atoms with Crippen molar-refractivity contribution in [3.63, 3.8) is 0 Å². The van der Waals surface area contributed by atoms with Crippen molar-refractivity contribution in [2.75, 3.05) is 5.32 Å². The number of ether oxygens (including phenoxy) is 1. The van der Waals surface area contributed by atoms with E-state index in [-0.39, 0.29) is 11.5 Å². The molecule has 0 fully saturated rings. The molecule has 1 amide bonds. The van der Waals surface area contributed by atoms with Gasteiger partial charge in [0.2, 0.25) is 0 Å². The van der Waals surface area contributed by atoms with Crippen molar-refractivity contribution in [1.29, 1.82) is 0 Å². The Morgan fingerprint density at radius 2 is 1.77 bits per heavy atom. The van der Waals surface area contributed by atoms with Gasteiger partial charge in [-0.1, -0.05) is 30.7 Å². The number of fused-ring (bicyclic) bond motifs is 1. The van der Waals surface area contributed by atoms with Crippen molar-refractivity contribution in [3.8, 4) is 0 Å². The molecule has 1 N–H and O–H groups in total. The minimum Gasteiger partial charge on any atom is -0.444 e. The van der Waals surface area contributed by atoms with Gasteiger partial charge in [0.25, 0.3) is 0 Å². The Bertz CT molecular complexity index is 1130. The van der Waals surface area contributed by atoms with E-state index in [0.717, 1.165) is 5.56 Å². The summed E-state index contributed by atoms with van der Waals surface area (Å²) in [5, 5.41) is 3.78. The largest absolute Gasteiger partial charge is 0.444 e. The lowest BCUT2D eigenvalue weighted by atomic mass is 9.83. The lowest BCUT2D eigenvalue weighted by molar-refractivity contribution is -0.123. The summed E-state index contributed by atoms with van der Waals surface area (Å²) in [5.74, 6) is -0.635. The van der Waals surface area contributed by atoms with Gasteiger partial charge in [0, 0.05) is 16.6 Å². The van der Waals surface area contributed by atoms with E-state index in [1.54, 1.807) is 61.9 Å². The van der Waals surface area contributed by atoms with Crippen LogP contribution in [0.5, 0.6) is 0 Å². The second kappa shape index (κ2) is 8.35. The maximum atomic E-state index is 14.6. The number of benzene rings is 2. The molecule has 1 unspecified atom stereocenters. The van der Waals surface area contributed by atoms with Gasteiger partial charge in [-0.15, -0.1) is 0 Å². The zero-order valence-electron chi connectivity index (χ0n) is 18.3. The highest BCUT2D eigenvalue weighted by molar-refractivity contribution is 6.30. The Labute approximate surface area is 186 Å². The minimum atomic E-state index is -1.05. The normalized spacial score (nSPS) is 13.6. The Morgan fingerprint density at radius 1 is 1.13 bits per heavy atom. The van der Waals surface area contributed by atoms with Gasteiger partial charge in [0.15, 0.2) is 5.78 Å². The van der Waals surface area contributed by atoms with Gasteiger partial charge in [-0.2, -0.15) is 0 Å². The van der Waals surface area contributed by atoms with Gasteiger partial charge in [-0.25, -0.2) is 9.18 Å². The van der Waals surface area contributed by atoms with Crippen LogP contribution in [0.25, 0.3) is 10.9 Å². The molecule has 1 atom stereocenters. The number of halogens is 2. The standard InChI is InChI=1S/C24H26ClFN2O3/c1-6-24(15(2)29,16-7-9-17(25)10-8-16)28-12-11-19-20(13-18(26)14-21(19)28)27-22(30)31-23(3,4)5/h7-14H,6H2,1-5H3,(H,27,30). The summed E-state index contributed by atoms with van der Waals surface area (Å²) in [6.45, 7) is 8.67. The third-order valence-electron chi connectivity index (χ3n) is 5.24. The monoisotopic (exact) mass is 444 g/mol. The van der Waals surface area contributed by atoms with Crippen LogP contribution >= 0.6 is 11.6 Å². The molecule has 164 valence electrons. The van der Waals surface area contributed by atoms with Crippen LogP contribution in [0.1, 0.15) is 46.6 Å². The average molecular weight is 445 g/mol. The molecule has 7 heteroatoms. The predicted octanol–water partition coefficient (Wildman–Crippen LogP) is 6.52. The molecule has 31 heavy (non-hydrogen) atoms. The van der Waals surface area contributed by atoms with E-state index in [1.807, 2.05) is 6.92 Å². The molecular formula is C24H26ClFN2O3. The number of nitrogens with zero attached hydrogens (tertiary/aromatic N) is 1. The average Bonchev–Trinajstić information content (AvgIpc) is 3.06. The third kappa shape index (κ3) is 4.44. The van der Waals surface area contributed by atoms with Gasteiger partial charge in [0.1, 0.15) is 17.0 Å². The Balaban J connectivity index is 2.18. The molecule has 0 aliphatic rings. The molecule has 1 heterocycles. The van der Waals surface area contributed by atoms with Crippen LogP contribution in [0.2, 0.25) is 5.02 Å². The summed E-state index contributed by atoms with van der Waals surface area (Å²) in [6, 6.07) is 11.4. The second-order valence-electron chi connectivity index (χ2n) is 8.48. The van der Waals surface area contributed by atoms with E-state index in [4.69, 9.17) is 16.3 Å². The van der Waals surface area contributed by atoms with Crippen molar-refractivity contribution in [1.82, 2.24) is 4.57 Å². The van der Waals surface area contributed by atoms with Crippen LogP contribution in [0.4, 0.5) is 14.9 Å². The number of carbonyl (C=O) groups is 2. The Kier molecular flexibility index (Phi) is 6.14. The lowest BCUT2D eigenvalue weighted by Gasteiger charge is -2.34. The molecule has 1 aromatic heterocycles. The number of aromatic nitrogens is 1. The third-order valence-corrected chi connectivity index (χ3v) is 5.49. The number of hydrogen-bond donors (Lipinski definition) is 1. The van der Waals surface area contributed by atoms with Gasteiger partial charge >= 0.3 is 6.09 Å². The lowest BCUT2D eigenvalue weighted by Crippen LogP contribution is -2.40. The molecule has 0 aliphatic heterocycles. The number of nitrogens with one attached hydrogen (secondary N) is 1. The van der Waals surface area contributed by atoms with Crippen LogP contribution in [-0.4, -0.2) is 22.0 Å². The van der Waals surface area contributed by atoms with Crippen LogP contribution in [0.3, 0.4) is 0 Å². The molecule has 3 rings (SSSR count). The molecule has 0 bridgehead atoms. The fraction of sp³-hybridized carbons (Fsp3) is 0.333. The summed E-state index contributed by atoms with van der Waals surface area (Å²) in [6.07, 6.45) is 1.50. The fourth-order valence-electron chi connectivity index (χ4n) is 3.92. The molecule has 0 radical (unpaired) electrons. The zero-order chi connectivity index (χ0) is 23.0. The molecule has 5 nitrogen and oxygen atoms in total. The first-order chi connectivity index (χ1) is 14.5. The highest BCUT2D eigenvalue weighted by Gasteiger charge is 2.38. The first-order valence-electron chi connectivity index (χ1n) is 10.1. The summed E-state index contributed by atoms with van der Waals surface area (Å²) in [4.78, 5) is 25.3. The van der Waals surface area contributed by atoms with Crippen molar-refractivity contribution in [2.45, 2.75) is 52.2 Å². The molecular weight excluding hydrogens is 419 g/mol. The fourth-order valence-corrected chi connectivity index (χ4v) is 4.04.